The van der Waals surface area contributed by atoms with Crippen LogP contribution in [0.2, 0.25) is 15.1 Å². The Balaban J connectivity index is 1.47. The topological polar surface area (TPSA) is 56.2 Å². The minimum absolute atomic E-state index is 0.0851. The molecule has 2 N–H and O–H groups in total. The van der Waals surface area contributed by atoms with E-state index in [9.17, 15) is 10.2 Å². The molecule has 34 heavy (non-hydrogen) atoms. The first-order valence-corrected chi connectivity index (χ1v) is 13.1. The maximum atomic E-state index is 11.1. The van der Waals surface area contributed by atoms with Crippen molar-refractivity contribution in [3.05, 3.63) is 63.1 Å². The summed E-state index contributed by atoms with van der Waals surface area (Å²) in [6.07, 6.45) is 1.30. The van der Waals surface area contributed by atoms with Crippen LogP contribution in [0, 0.1) is 11.8 Å². The number of hydrogen-bond acceptors (Lipinski definition) is 5. The zero-order chi connectivity index (χ0) is 24.2. The van der Waals surface area contributed by atoms with E-state index in [0.717, 1.165) is 37.2 Å². The summed E-state index contributed by atoms with van der Waals surface area (Å²) in [5.74, 6) is 1.46. The van der Waals surface area contributed by atoms with Gasteiger partial charge in [-0.25, -0.2) is 0 Å². The minimum atomic E-state index is -0.566. The molecule has 2 aromatic rings. The third-order valence-corrected chi connectivity index (χ3v) is 8.30. The van der Waals surface area contributed by atoms with Gasteiger partial charge in [0.2, 0.25) is 0 Å². The SMILES string of the molecule is C[C@@H](Oc1ccc(Cl)cc1)[C@@H]1CN(C(O)CN2CCC(CO)CC2)C[C@H]1c1ccc(Cl)c(Cl)c1. The first-order valence-electron chi connectivity index (χ1n) is 12.0. The van der Waals surface area contributed by atoms with E-state index in [4.69, 9.17) is 39.5 Å². The summed E-state index contributed by atoms with van der Waals surface area (Å²) >= 11 is 18.6. The molecule has 0 bridgehead atoms. The average molecular weight is 528 g/mol. The predicted molar refractivity (Wildman–Crippen MR) is 138 cm³/mol. The standard InChI is InChI=1S/C26H33Cl3N2O3/c1-17(34-21-5-3-20(27)4-6-21)22-13-31(14-23(22)19-2-7-24(28)25(29)12-19)26(33)15-30-10-8-18(16-32)9-11-30/h2-7,12,17-18,22-23,26,32-33H,8-11,13-16H2,1H3/t17-,22+,23+,26?/m1/s1. The second-order valence-electron chi connectivity index (χ2n) is 9.58. The molecule has 2 aliphatic heterocycles. The zero-order valence-corrected chi connectivity index (χ0v) is 21.7. The van der Waals surface area contributed by atoms with Crippen molar-refractivity contribution in [2.24, 2.45) is 11.8 Å². The van der Waals surface area contributed by atoms with Gasteiger partial charge in [0.25, 0.3) is 0 Å². The molecule has 4 rings (SSSR count). The van der Waals surface area contributed by atoms with Crippen molar-refractivity contribution < 1.29 is 14.9 Å². The first kappa shape index (κ1) is 26.0. The van der Waals surface area contributed by atoms with Crippen LogP contribution in [0.5, 0.6) is 5.75 Å². The third-order valence-electron chi connectivity index (χ3n) is 7.31. The van der Waals surface area contributed by atoms with Gasteiger partial charge in [-0.3, -0.25) is 9.80 Å². The molecular weight excluding hydrogens is 495 g/mol. The van der Waals surface area contributed by atoms with Crippen molar-refractivity contribution in [1.82, 2.24) is 9.80 Å². The lowest BCUT2D eigenvalue weighted by atomic mass is 9.85. The molecule has 2 aliphatic rings. The Labute approximate surface area is 217 Å². The van der Waals surface area contributed by atoms with Gasteiger partial charge in [-0.2, -0.15) is 0 Å². The number of likely N-dealkylation sites (tertiary alicyclic amines) is 2. The fourth-order valence-corrected chi connectivity index (χ4v) is 5.62. The Kier molecular flexibility index (Phi) is 9.02. The lowest BCUT2D eigenvalue weighted by Crippen LogP contribution is -2.46. The average Bonchev–Trinajstić information content (AvgIpc) is 3.29. The largest absolute Gasteiger partial charge is 0.490 e. The van der Waals surface area contributed by atoms with Crippen molar-refractivity contribution >= 4 is 34.8 Å². The maximum absolute atomic E-state index is 11.1. The van der Waals surface area contributed by atoms with Crippen LogP contribution in [0.4, 0.5) is 0 Å². The monoisotopic (exact) mass is 526 g/mol. The number of hydrogen-bond donors (Lipinski definition) is 2. The number of aliphatic hydroxyl groups is 2. The number of rotatable bonds is 8. The van der Waals surface area contributed by atoms with E-state index >= 15 is 0 Å². The molecule has 0 spiro atoms. The Hall–Kier alpha value is -1.05. The van der Waals surface area contributed by atoms with Gasteiger partial charge in [0, 0.05) is 43.1 Å². The van der Waals surface area contributed by atoms with Crippen molar-refractivity contribution in [3.63, 3.8) is 0 Å². The van der Waals surface area contributed by atoms with Crippen molar-refractivity contribution in [2.45, 2.75) is 38.0 Å². The summed E-state index contributed by atoms with van der Waals surface area (Å²) in [5, 5.41) is 22.3. The Morgan fingerprint density at radius 3 is 2.35 bits per heavy atom. The second-order valence-corrected chi connectivity index (χ2v) is 10.8. The van der Waals surface area contributed by atoms with Crippen LogP contribution in [-0.4, -0.2) is 71.7 Å². The van der Waals surface area contributed by atoms with Crippen LogP contribution < -0.4 is 4.74 Å². The molecule has 2 fully saturated rings. The number of ether oxygens (including phenoxy) is 1. The van der Waals surface area contributed by atoms with Gasteiger partial charge in [-0.1, -0.05) is 40.9 Å². The molecule has 2 heterocycles. The highest BCUT2D eigenvalue weighted by molar-refractivity contribution is 6.42. The van der Waals surface area contributed by atoms with Crippen molar-refractivity contribution in [1.29, 1.82) is 0 Å². The van der Waals surface area contributed by atoms with Crippen LogP contribution in [0.1, 0.15) is 31.2 Å². The normalized spacial score (nSPS) is 24.3. The molecule has 2 saturated heterocycles. The van der Waals surface area contributed by atoms with Crippen LogP contribution in [0.15, 0.2) is 42.5 Å². The number of aliphatic hydroxyl groups excluding tert-OH is 2. The molecule has 0 amide bonds. The fraction of sp³-hybridized carbons (Fsp3) is 0.538. The predicted octanol–water partition coefficient (Wildman–Crippen LogP) is 5.15. The highest BCUT2D eigenvalue weighted by Crippen LogP contribution is 2.39. The smallest absolute Gasteiger partial charge is 0.120 e. The molecule has 186 valence electrons. The third kappa shape index (κ3) is 6.38. The summed E-state index contributed by atoms with van der Waals surface area (Å²) < 4.78 is 6.30. The highest BCUT2D eigenvalue weighted by atomic mass is 35.5. The van der Waals surface area contributed by atoms with Crippen molar-refractivity contribution in [2.75, 3.05) is 39.3 Å². The quantitative estimate of drug-likeness (QED) is 0.497. The summed E-state index contributed by atoms with van der Waals surface area (Å²) in [6, 6.07) is 13.2. The van der Waals surface area contributed by atoms with E-state index in [-0.39, 0.29) is 24.5 Å². The molecule has 1 unspecified atom stereocenters. The Morgan fingerprint density at radius 1 is 1.00 bits per heavy atom. The van der Waals surface area contributed by atoms with Gasteiger partial charge in [-0.15, -0.1) is 0 Å². The Morgan fingerprint density at radius 2 is 1.71 bits per heavy atom. The number of piperidine rings is 1. The van der Waals surface area contributed by atoms with Crippen LogP contribution in [-0.2, 0) is 0 Å². The molecule has 8 heteroatoms. The van der Waals surface area contributed by atoms with Crippen LogP contribution >= 0.6 is 34.8 Å². The van der Waals surface area contributed by atoms with E-state index in [1.54, 1.807) is 0 Å². The lowest BCUT2D eigenvalue weighted by molar-refractivity contribution is -0.0204. The van der Waals surface area contributed by atoms with Gasteiger partial charge in [0.15, 0.2) is 0 Å². The molecule has 0 aromatic heterocycles. The van der Waals surface area contributed by atoms with E-state index in [0.29, 0.717) is 40.6 Å². The van der Waals surface area contributed by atoms with Crippen molar-refractivity contribution in [3.8, 4) is 5.75 Å². The number of benzene rings is 2. The first-order chi connectivity index (χ1) is 16.3. The molecule has 0 aliphatic carbocycles. The maximum Gasteiger partial charge on any atom is 0.120 e. The fourth-order valence-electron chi connectivity index (χ4n) is 5.19. The molecule has 0 radical (unpaired) electrons. The summed E-state index contributed by atoms with van der Waals surface area (Å²) in [6.45, 7) is 6.18. The van der Waals surface area contributed by atoms with Gasteiger partial charge in [0.05, 0.1) is 10.0 Å². The van der Waals surface area contributed by atoms with Crippen LogP contribution in [0.3, 0.4) is 0 Å². The Bertz CT molecular complexity index is 937. The minimum Gasteiger partial charge on any atom is -0.490 e. The molecular formula is C26H33Cl3N2O3. The van der Waals surface area contributed by atoms with Gasteiger partial charge >= 0.3 is 0 Å². The number of nitrogens with zero attached hydrogens (tertiary/aromatic N) is 2. The summed E-state index contributed by atoms with van der Waals surface area (Å²) in [4.78, 5) is 4.45. The van der Waals surface area contributed by atoms with E-state index in [1.165, 1.54) is 0 Å². The lowest BCUT2D eigenvalue weighted by Gasteiger charge is -2.34. The molecule has 4 atom stereocenters. The summed E-state index contributed by atoms with van der Waals surface area (Å²) in [7, 11) is 0. The zero-order valence-electron chi connectivity index (χ0n) is 19.4. The van der Waals surface area contributed by atoms with E-state index in [2.05, 4.69) is 16.7 Å². The van der Waals surface area contributed by atoms with Gasteiger partial charge < -0.3 is 14.9 Å². The van der Waals surface area contributed by atoms with Gasteiger partial charge in [0.1, 0.15) is 18.1 Å². The summed E-state index contributed by atoms with van der Waals surface area (Å²) in [5.41, 5.74) is 1.10. The number of halogens is 3. The van der Waals surface area contributed by atoms with Gasteiger partial charge in [-0.05, 0) is 80.7 Å². The van der Waals surface area contributed by atoms with E-state index in [1.807, 2.05) is 42.5 Å². The number of β-amino-alcohol motifs (C(OH)–C–C–N with tert-alkyl or cyclic N) is 1. The molecule has 2 aromatic carbocycles. The van der Waals surface area contributed by atoms with E-state index < -0.39 is 6.23 Å². The molecule has 0 saturated carbocycles. The second kappa shape index (κ2) is 11.8. The molecule has 5 nitrogen and oxygen atoms in total. The highest BCUT2D eigenvalue weighted by Gasteiger charge is 2.41. The van der Waals surface area contributed by atoms with Crippen LogP contribution in [0.25, 0.3) is 0 Å².